The Kier molecular flexibility index (Phi) is 3.48. The van der Waals surface area contributed by atoms with E-state index < -0.39 is 0 Å². The van der Waals surface area contributed by atoms with E-state index in [1.54, 1.807) is 10.4 Å². The Labute approximate surface area is 130 Å². The summed E-state index contributed by atoms with van der Waals surface area (Å²) in [4.78, 5) is 3.08. The summed E-state index contributed by atoms with van der Waals surface area (Å²) in [6, 6.07) is 9.47. The summed E-state index contributed by atoms with van der Waals surface area (Å²) in [6.07, 6.45) is 4.92. The van der Waals surface area contributed by atoms with Gasteiger partial charge >= 0.3 is 0 Å². The van der Waals surface area contributed by atoms with Crippen molar-refractivity contribution in [2.24, 2.45) is 0 Å². The van der Waals surface area contributed by atoms with Crippen LogP contribution >= 0.6 is 11.3 Å². The molecule has 1 aromatic heterocycles. The Balaban J connectivity index is 1.70. The lowest BCUT2D eigenvalue weighted by Crippen LogP contribution is -2.21. The van der Waals surface area contributed by atoms with Gasteiger partial charge in [-0.15, -0.1) is 11.3 Å². The Morgan fingerprint density at radius 3 is 3.00 bits per heavy atom. The lowest BCUT2D eigenvalue weighted by molar-refractivity contribution is 0.357. The molecule has 0 spiro atoms. The number of hydrogen-bond acceptors (Lipinski definition) is 3. The van der Waals surface area contributed by atoms with Crippen LogP contribution in [0.3, 0.4) is 0 Å². The maximum absolute atomic E-state index is 5.63. The minimum absolute atomic E-state index is 0.330. The molecule has 2 heterocycles. The van der Waals surface area contributed by atoms with E-state index >= 15 is 0 Å². The number of nitrogens with one attached hydrogen (secondary N) is 1. The van der Waals surface area contributed by atoms with E-state index in [9.17, 15) is 0 Å². The average molecular weight is 299 g/mol. The fraction of sp³-hybridized carbons (Fsp3) is 0.444. The van der Waals surface area contributed by atoms with Gasteiger partial charge in [0.05, 0.1) is 12.6 Å². The molecule has 1 aromatic carbocycles. The minimum Gasteiger partial charge on any atom is -0.493 e. The zero-order valence-corrected chi connectivity index (χ0v) is 13.3. The number of thiophene rings is 1. The van der Waals surface area contributed by atoms with Crippen LogP contribution in [0.4, 0.5) is 0 Å². The molecule has 2 aromatic rings. The summed E-state index contributed by atoms with van der Waals surface area (Å²) >= 11 is 2.00. The van der Waals surface area contributed by atoms with Gasteiger partial charge in [0.2, 0.25) is 0 Å². The summed E-state index contributed by atoms with van der Waals surface area (Å²) in [6.45, 7) is 4.00. The van der Waals surface area contributed by atoms with Crippen LogP contribution in [0.5, 0.6) is 5.75 Å². The summed E-state index contributed by atoms with van der Waals surface area (Å²) < 4.78 is 5.63. The van der Waals surface area contributed by atoms with Gasteiger partial charge in [-0.3, -0.25) is 0 Å². The molecular weight excluding hydrogens is 278 g/mol. The molecule has 0 saturated heterocycles. The SMILES string of the molecule is CCNC(c1ccc2c(c1)CCO2)c1cc2c(s1)CCC2. The van der Waals surface area contributed by atoms with Gasteiger partial charge in [0.25, 0.3) is 0 Å². The van der Waals surface area contributed by atoms with Gasteiger partial charge in [0.1, 0.15) is 5.75 Å². The van der Waals surface area contributed by atoms with Gasteiger partial charge in [-0.05, 0) is 54.6 Å². The lowest BCUT2D eigenvalue weighted by Gasteiger charge is -2.18. The molecule has 1 aliphatic heterocycles. The quantitative estimate of drug-likeness (QED) is 0.925. The van der Waals surface area contributed by atoms with E-state index in [2.05, 4.69) is 36.5 Å². The zero-order chi connectivity index (χ0) is 14.2. The predicted molar refractivity (Wildman–Crippen MR) is 87.5 cm³/mol. The van der Waals surface area contributed by atoms with Gasteiger partial charge in [0, 0.05) is 16.2 Å². The van der Waals surface area contributed by atoms with Crippen molar-refractivity contribution in [2.45, 2.75) is 38.6 Å². The molecule has 0 radical (unpaired) electrons. The van der Waals surface area contributed by atoms with E-state index in [0.717, 1.165) is 25.3 Å². The van der Waals surface area contributed by atoms with Crippen LogP contribution in [0.1, 0.15) is 45.8 Å². The second-order valence-electron chi connectivity index (χ2n) is 5.91. The van der Waals surface area contributed by atoms with Gasteiger partial charge < -0.3 is 10.1 Å². The summed E-state index contributed by atoms with van der Waals surface area (Å²) in [5.74, 6) is 1.07. The van der Waals surface area contributed by atoms with E-state index in [0.29, 0.717) is 6.04 Å². The first kappa shape index (κ1) is 13.4. The topological polar surface area (TPSA) is 21.3 Å². The van der Waals surface area contributed by atoms with Crippen molar-refractivity contribution in [3.63, 3.8) is 0 Å². The van der Waals surface area contributed by atoms with E-state index in [1.807, 2.05) is 11.3 Å². The molecule has 2 nitrogen and oxygen atoms in total. The summed E-state index contributed by atoms with van der Waals surface area (Å²) in [5.41, 5.74) is 4.32. The van der Waals surface area contributed by atoms with Gasteiger partial charge in [-0.25, -0.2) is 0 Å². The van der Waals surface area contributed by atoms with Crippen molar-refractivity contribution in [2.75, 3.05) is 13.2 Å². The highest BCUT2D eigenvalue weighted by atomic mass is 32.1. The third kappa shape index (κ3) is 2.39. The second kappa shape index (κ2) is 5.47. The van der Waals surface area contributed by atoms with Gasteiger partial charge in [0.15, 0.2) is 0 Å². The van der Waals surface area contributed by atoms with Crippen molar-refractivity contribution in [1.82, 2.24) is 5.32 Å². The number of fused-ring (bicyclic) bond motifs is 2. The molecule has 0 fully saturated rings. The zero-order valence-electron chi connectivity index (χ0n) is 12.4. The maximum Gasteiger partial charge on any atom is 0.122 e. The van der Waals surface area contributed by atoms with Gasteiger partial charge in [-0.1, -0.05) is 19.1 Å². The number of ether oxygens (including phenoxy) is 1. The maximum atomic E-state index is 5.63. The molecule has 1 N–H and O–H groups in total. The molecule has 3 heteroatoms. The highest BCUT2D eigenvalue weighted by molar-refractivity contribution is 7.12. The Hall–Kier alpha value is -1.32. The largest absolute Gasteiger partial charge is 0.493 e. The van der Waals surface area contributed by atoms with Crippen molar-refractivity contribution < 1.29 is 4.74 Å². The second-order valence-corrected chi connectivity index (χ2v) is 7.08. The third-order valence-corrected chi connectivity index (χ3v) is 5.81. The van der Waals surface area contributed by atoms with Crippen LogP contribution in [0, 0.1) is 0 Å². The Morgan fingerprint density at radius 1 is 1.19 bits per heavy atom. The molecule has 0 amide bonds. The highest BCUT2D eigenvalue weighted by Crippen LogP contribution is 2.37. The molecular formula is C18H21NOS. The van der Waals surface area contributed by atoms with Crippen molar-refractivity contribution in [3.05, 3.63) is 50.7 Å². The fourth-order valence-corrected chi connectivity index (χ4v) is 4.83. The Bertz CT molecular complexity index is 640. The molecule has 1 atom stereocenters. The molecule has 4 rings (SSSR count). The fourth-order valence-electron chi connectivity index (χ4n) is 3.47. The Morgan fingerprint density at radius 2 is 2.14 bits per heavy atom. The highest BCUT2D eigenvalue weighted by Gasteiger charge is 2.22. The molecule has 0 bridgehead atoms. The molecule has 0 saturated carbocycles. The molecule has 2 aliphatic rings. The minimum atomic E-state index is 0.330. The third-order valence-electron chi connectivity index (χ3n) is 4.51. The van der Waals surface area contributed by atoms with Crippen LogP contribution in [-0.4, -0.2) is 13.2 Å². The standard InChI is InChI=1S/C18H21NOS/c1-2-19-18(17-11-13-4-3-5-16(13)21-17)14-6-7-15-12(10-14)8-9-20-15/h6-7,10-11,18-19H,2-5,8-9H2,1H3. The first-order valence-corrected chi connectivity index (χ1v) is 8.77. The van der Waals surface area contributed by atoms with Crippen molar-refractivity contribution >= 4 is 11.3 Å². The molecule has 1 aliphatic carbocycles. The number of rotatable bonds is 4. The monoisotopic (exact) mass is 299 g/mol. The average Bonchev–Trinajstić information content (AvgIpc) is 3.18. The molecule has 1 unspecified atom stereocenters. The predicted octanol–water partition coefficient (Wildman–Crippen LogP) is 3.87. The van der Waals surface area contributed by atoms with Crippen LogP contribution in [-0.2, 0) is 19.3 Å². The first-order chi connectivity index (χ1) is 10.3. The van der Waals surface area contributed by atoms with Crippen molar-refractivity contribution in [1.29, 1.82) is 0 Å². The molecule has 110 valence electrons. The smallest absolute Gasteiger partial charge is 0.122 e. The summed E-state index contributed by atoms with van der Waals surface area (Å²) in [7, 11) is 0. The normalized spacial score (nSPS) is 17.4. The number of aryl methyl sites for hydroxylation is 2. The lowest BCUT2D eigenvalue weighted by atomic mass is 10.0. The van der Waals surface area contributed by atoms with Crippen LogP contribution < -0.4 is 10.1 Å². The first-order valence-electron chi connectivity index (χ1n) is 7.95. The van der Waals surface area contributed by atoms with E-state index in [1.165, 1.54) is 35.3 Å². The number of benzene rings is 1. The summed E-state index contributed by atoms with van der Waals surface area (Å²) in [5, 5.41) is 3.66. The van der Waals surface area contributed by atoms with Crippen LogP contribution in [0.15, 0.2) is 24.3 Å². The molecule has 21 heavy (non-hydrogen) atoms. The van der Waals surface area contributed by atoms with E-state index in [-0.39, 0.29) is 0 Å². The van der Waals surface area contributed by atoms with E-state index in [4.69, 9.17) is 4.74 Å². The van der Waals surface area contributed by atoms with Gasteiger partial charge in [-0.2, -0.15) is 0 Å². The van der Waals surface area contributed by atoms with Crippen LogP contribution in [0.2, 0.25) is 0 Å². The van der Waals surface area contributed by atoms with Crippen LogP contribution in [0.25, 0.3) is 0 Å². The number of hydrogen-bond donors (Lipinski definition) is 1. The van der Waals surface area contributed by atoms with Crippen molar-refractivity contribution in [3.8, 4) is 5.75 Å².